The predicted molar refractivity (Wildman–Crippen MR) is 154 cm³/mol. The Labute approximate surface area is 249 Å². The predicted octanol–water partition coefficient (Wildman–Crippen LogP) is 5.06. The largest absolute Gasteiger partial charge is 0.494 e. The molecule has 0 saturated heterocycles. The number of anilines is 1. The smallest absolute Gasteiger partial charge is 0.401 e. The van der Waals surface area contributed by atoms with E-state index in [1.54, 1.807) is 30.5 Å². The molecule has 3 N–H and O–H groups in total. The van der Waals surface area contributed by atoms with E-state index in [2.05, 4.69) is 20.9 Å². The van der Waals surface area contributed by atoms with E-state index >= 15 is 0 Å². The van der Waals surface area contributed by atoms with Crippen molar-refractivity contribution in [2.45, 2.75) is 28.9 Å². The maximum absolute atomic E-state index is 13.2. The molecule has 43 heavy (non-hydrogen) atoms. The van der Waals surface area contributed by atoms with Crippen molar-refractivity contribution in [1.29, 1.82) is 0 Å². The van der Waals surface area contributed by atoms with Gasteiger partial charge in [0.25, 0.3) is 11.8 Å². The van der Waals surface area contributed by atoms with E-state index in [-0.39, 0.29) is 46.3 Å². The van der Waals surface area contributed by atoms with Crippen LogP contribution < -0.4 is 20.7 Å². The van der Waals surface area contributed by atoms with Gasteiger partial charge in [-0.15, -0.1) is 11.3 Å². The highest BCUT2D eigenvalue weighted by atomic mass is 32.2. The van der Waals surface area contributed by atoms with Gasteiger partial charge >= 0.3 is 6.18 Å². The second kappa shape index (κ2) is 12.5. The summed E-state index contributed by atoms with van der Waals surface area (Å²) in [6.45, 7) is -0.398. The van der Waals surface area contributed by atoms with Crippen molar-refractivity contribution in [1.82, 2.24) is 15.6 Å². The van der Waals surface area contributed by atoms with Gasteiger partial charge in [0.1, 0.15) is 10.8 Å². The highest BCUT2D eigenvalue weighted by Crippen LogP contribution is 2.34. The Morgan fingerprint density at radius 3 is 2.56 bits per heavy atom. The summed E-state index contributed by atoms with van der Waals surface area (Å²) in [7, 11) is -3.97. The molecule has 0 saturated carbocycles. The highest BCUT2D eigenvalue weighted by molar-refractivity contribution is 7.91. The van der Waals surface area contributed by atoms with Crippen LogP contribution in [0.3, 0.4) is 0 Å². The topological polar surface area (TPSA) is 126 Å². The van der Waals surface area contributed by atoms with E-state index in [9.17, 15) is 31.2 Å². The first-order chi connectivity index (χ1) is 20.5. The summed E-state index contributed by atoms with van der Waals surface area (Å²) in [6.07, 6.45) is -2.17. The number of alkyl halides is 3. The zero-order valence-electron chi connectivity index (χ0n) is 22.4. The molecule has 0 fully saturated rings. The number of halogens is 3. The molecule has 1 aromatic heterocycles. The number of rotatable bonds is 10. The van der Waals surface area contributed by atoms with Gasteiger partial charge < -0.3 is 20.7 Å². The van der Waals surface area contributed by atoms with Gasteiger partial charge in [-0.25, -0.2) is 13.4 Å². The molecule has 2 amide bonds. The Bertz CT molecular complexity index is 1760. The van der Waals surface area contributed by atoms with Crippen LogP contribution in [0.2, 0.25) is 0 Å². The second-order valence-electron chi connectivity index (χ2n) is 9.50. The summed E-state index contributed by atoms with van der Waals surface area (Å²) in [5.74, 6) is -0.456. The van der Waals surface area contributed by atoms with E-state index in [4.69, 9.17) is 4.74 Å². The average molecular weight is 631 g/mol. The number of nitrogens with one attached hydrogen (secondary N) is 3. The summed E-state index contributed by atoms with van der Waals surface area (Å²) >= 11 is 1.37. The number of ether oxygens (including phenoxy) is 1. The maximum Gasteiger partial charge on any atom is 0.401 e. The fraction of sp³-hybridized carbons (Fsp3) is 0.207. The number of sulfone groups is 1. The summed E-state index contributed by atoms with van der Waals surface area (Å²) < 4.78 is 68.3. The van der Waals surface area contributed by atoms with Crippen molar-refractivity contribution in [3.05, 3.63) is 88.9 Å². The second-order valence-corrected chi connectivity index (χ2v) is 12.5. The molecule has 1 aliphatic heterocycles. The molecule has 4 aromatic rings. The van der Waals surface area contributed by atoms with Gasteiger partial charge in [0.2, 0.25) is 9.84 Å². The quantitative estimate of drug-likeness (QED) is 0.209. The first kappa shape index (κ1) is 30.2. The van der Waals surface area contributed by atoms with E-state index in [0.29, 0.717) is 17.2 Å². The van der Waals surface area contributed by atoms with Crippen LogP contribution in [-0.4, -0.2) is 51.1 Å². The lowest BCUT2D eigenvalue weighted by molar-refractivity contribution is -0.124. The van der Waals surface area contributed by atoms with Gasteiger partial charge in [-0.2, -0.15) is 13.2 Å². The molecule has 14 heteroatoms. The fourth-order valence-corrected chi connectivity index (χ4v) is 6.75. The normalized spacial score (nSPS) is 13.8. The van der Waals surface area contributed by atoms with Gasteiger partial charge in [0, 0.05) is 22.2 Å². The van der Waals surface area contributed by atoms with Crippen LogP contribution in [0.1, 0.15) is 32.0 Å². The summed E-state index contributed by atoms with van der Waals surface area (Å²) in [5, 5.41) is 8.42. The average Bonchev–Trinajstić information content (AvgIpc) is 3.43. The lowest BCUT2D eigenvalue weighted by Gasteiger charge is -2.10. The van der Waals surface area contributed by atoms with Gasteiger partial charge in [0.05, 0.1) is 40.7 Å². The van der Waals surface area contributed by atoms with Crippen LogP contribution in [0.4, 0.5) is 18.9 Å². The van der Waals surface area contributed by atoms with Crippen molar-refractivity contribution < 1.29 is 35.9 Å². The number of amides is 2. The van der Waals surface area contributed by atoms with Crippen LogP contribution in [0, 0.1) is 0 Å². The van der Waals surface area contributed by atoms with Crippen molar-refractivity contribution >= 4 is 38.7 Å². The number of benzene rings is 3. The monoisotopic (exact) mass is 630 g/mol. The first-order valence-corrected chi connectivity index (χ1v) is 15.3. The number of carbonyl (C=O) groups is 2. The van der Waals surface area contributed by atoms with Gasteiger partial charge in [-0.1, -0.05) is 12.1 Å². The third-order valence-electron chi connectivity index (χ3n) is 6.37. The molecule has 9 nitrogen and oxygen atoms in total. The van der Waals surface area contributed by atoms with Crippen LogP contribution in [0.5, 0.6) is 5.75 Å². The van der Waals surface area contributed by atoms with Crippen LogP contribution in [-0.2, 0) is 16.4 Å². The zero-order valence-corrected chi connectivity index (χ0v) is 24.0. The minimum atomic E-state index is -4.24. The standard InChI is InChI=1S/C29H25F3N4O5S2/c30-29(31,32)17-33-12-3-13-41-20-9-6-18(7-10-20)28-35-16-21(42-28)15-34-26(37)19-8-11-25-23(14-19)36-27(38)22-4-1-2-5-24(22)43(25,39)40/h1-2,4-11,14,16,33H,3,12-13,15,17H2,(H,34,37)(H,36,38). The molecule has 2 heterocycles. The maximum atomic E-state index is 13.2. The third kappa shape index (κ3) is 7.21. The Morgan fingerprint density at radius 1 is 1.02 bits per heavy atom. The summed E-state index contributed by atoms with van der Waals surface area (Å²) in [5.41, 5.74) is 1.06. The van der Waals surface area contributed by atoms with Crippen LogP contribution in [0.15, 0.2) is 82.7 Å². The van der Waals surface area contributed by atoms with E-state index < -0.39 is 34.4 Å². The molecule has 0 aliphatic carbocycles. The number of fused-ring (bicyclic) bond motifs is 2. The molecule has 0 spiro atoms. The number of thiazole rings is 1. The molecule has 0 atom stereocenters. The fourth-order valence-electron chi connectivity index (χ4n) is 4.30. The minimum Gasteiger partial charge on any atom is -0.494 e. The van der Waals surface area contributed by atoms with Crippen LogP contribution in [0.25, 0.3) is 10.6 Å². The van der Waals surface area contributed by atoms with Crippen molar-refractivity contribution in [2.75, 3.05) is 25.0 Å². The molecule has 0 unspecified atom stereocenters. The number of hydrogen-bond acceptors (Lipinski definition) is 8. The molecule has 224 valence electrons. The number of aromatic nitrogens is 1. The molecular weight excluding hydrogens is 605 g/mol. The molecule has 3 aromatic carbocycles. The lowest BCUT2D eigenvalue weighted by atomic mass is 10.1. The third-order valence-corrected chi connectivity index (χ3v) is 9.29. The van der Waals surface area contributed by atoms with Gasteiger partial charge in [-0.3, -0.25) is 9.59 Å². The van der Waals surface area contributed by atoms with Crippen LogP contribution >= 0.6 is 11.3 Å². The molecule has 1 aliphatic rings. The lowest BCUT2D eigenvalue weighted by Crippen LogP contribution is -2.30. The van der Waals surface area contributed by atoms with E-state index in [1.807, 2.05) is 12.1 Å². The molecule has 0 radical (unpaired) electrons. The Hall–Kier alpha value is -4.27. The Balaban J connectivity index is 1.16. The highest BCUT2D eigenvalue weighted by Gasteiger charge is 2.31. The van der Waals surface area contributed by atoms with Crippen molar-refractivity contribution in [3.63, 3.8) is 0 Å². The zero-order chi connectivity index (χ0) is 30.6. The van der Waals surface area contributed by atoms with Crippen molar-refractivity contribution in [3.8, 4) is 16.3 Å². The van der Waals surface area contributed by atoms with Crippen molar-refractivity contribution in [2.24, 2.45) is 0 Å². The minimum absolute atomic E-state index is 0.0273. The summed E-state index contributed by atoms with van der Waals surface area (Å²) in [6, 6.07) is 17.1. The number of carbonyl (C=O) groups excluding carboxylic acids is 2. The Morgan fingerprint density at radius 2 is 1.79 bits per heavy atom. The number of hydrogen-bond donors (Lipinski definition) is 3. The number of nitrogens with zero attached hydrogens (tertiary/aromatic N) is 1. The summed E-state index contributed by atoms with van der Waals surface area (Å²) in [4.78, 5) is 30.6. The van der Waals surface area contributed by atoms with E-state index in [0.717, 1.165) is 10.4 Å². The molecular formula is C29H25F3N4O5S2. The van der Waals surface area contributed by atoms with E-state index in [1.165, 1.54) is 41.7 Å². The molecule has 0 bridgehead atoms. The van der Waals surface area contributed by atoms with Gasteiger partial charge in [0.15, 0.2) is 0 Å². The van der Waals surface area contributed by atoms with Gasteiger partial charge in [-0.05, 0) is 67.6 Å². The Kier molecular flexibility index (Phi) is 8.80. The SMILES string of the molecule is O=C(NCc1cnc(-c2ccc(OCCCNCC(F)(F)F)cc2)s1)c1ccc2c(c1)NC(=O)c1ccccc1S2(=O)=O. The first-order valence-electron chi connectivity index (χ1n) is 13.0. The molecule has 5 rings (SSSR count).